The van der Waals surface area contributed by atoms with Crippen LogP contribution in [0, 0.1) is 0 Å². The number of unbranched alkanes of at least 4 members (excludes halogenated alkanes) is 2. The molecular weight excluding hydrogens is 324 g/mol. The SMILES string of the molecule is C=C(C)C(=O)OC(CCCCC)CC[Si](OCC)(OCC)OCC. The largest absolute Gasteiger partial charge is 0.501 e. The van der Waals surface area contributed by atoms with Gasteiger partial charge in [-0.3, -0.25) is 0 Å². The molecule has 0 bridgehead atoms. The van der Waals surface area contributed by atoms with Crippen LogP contribution in [0.2, 0.25) is 6.04 Å². The van der Waals surface area contributed by atoms with Crippen LogP contribution in [-0.4, -0.2) is 40.7 Å². The standard InChI is InChI=1S/C18H36O5Si/c1-7-11-12-13-17(23-18(19)16(5)6)14-15-24(20-8-2,21-9-3)22-10-4/h17H,5,7-15H2,1-4,6H3. The average molecular weight is 361 g/mol. The summed E-state index contributed by atoms with van der Waals surface area (Å²) in [5.74, 6) is -0.326. The molecule has 0 heterocycles. The maximum atomic E-state index is 11.9. The minimum Gasteiger partial charge on any atom is -0.459 e. The lowest BCUT2D eigenvalue weighted by atomic mass is 10.1. The van der Waals surface area contributed by atoms with Crippen molar-refractivity contribution >= 4 is 14.8 Å². The van der Waals surface area contributed by atoms with Crippen molar-refractivity contribution in [2.24, 2.45) is 0 Å². The van der Waals surface area contributed by atoms with E-state index in [1.54, 1.807) is 6.92 Å². The van der Waals surface area contributed by atoms with Crippen LogP contribution in [0.4, 0.5) is 0 Å². The van der Waals surface area contributed by atoms with E-state index in [0.29, 0.717) is 37.9 Å². The molecule has 0 saturated carbocycles. The molecule has 0 aromatic rings. The summed E-state index contributed by atoms with van der Waals surface area (Å²) in [5, 5.41) is 0. The van der Waals surface area contributed by atoms with Gasteiger partial charge >= 0.3 is 14.8 Å². The first-order chi connectivity index (χ1) is 11.4. The van der Waals surface area contributed by atoms with Crippen molar-refractivity contribution in [3.63, 3.8) is 0 Å². The average Bonchev–Trinajstić information content (AvgIpc) is 2.53. The minimum absolute atomic E-state index is 0.144. The van der Waals surface area contributed by atoms with Crippen molar-refractivity contribution < 1.29 is 22.8 Å². The van der Waals surface area contributed by atoms with Gasteiger partial charge in [-0.2, -0.15) is 0 Å². The first-order valence-electron chi connectivity index (χ1n) is 9.22. The van der Waals surface area contributed by atoms with Gasteiger partial charge in [0.05, 0.1) is 0 Å². The molecule has 6 heteroatoms. The fourth-order valence-corrected chi connectivity index (χ4v) is 5.15. The lowest BCUT2D eigenvalue weighted by Crippen LogP contribution is -2.46. The minimum atomic E-state index is -2.70. The number of hydrogen-bond acceptors (Lipinski definition) is 5. The van der Waals surface area contributed by atoms with Crippen molar-refractivity contribution in [3.8, 4) is 0 Å². The second kappa shape index (κ2) is 13.6. The van der Waals surface area contributed by atoms with Crippen molar-refractivity contribution in [3.05, 3.63) is 12.2 Å². The van der Waals surface area contributed by atoms with E-state index in [-0.39, 0.29) is 12.1 Å². The highest BCUT2D eigenvalue weighted by Gasteiger charge is 2.40. The summed E-state index contributed by atoms with van der Waals surface area (Å²) in [4.78, 5) is 11.9. The first kappa shape index (κ1) is 23.3. The molecule has 0 rings (SSSR count). The number of esters is 1. The summed E-state index contributed by atoms with van der Waals surface area (Å²) in [6, 6.07) is 0.656. The summed E-state index contributed by atoms with van der Waals surface area (Å²) >= 11 is 0. The molecule has 0 N–H and O–H groups in total. The van der Waals surface area contributed by atoms with Crippen LogP contribution in [0.15, 0.2) is 12.2 Å². The molecule has 142 valence electrons. The molecule has 0 aromatic carbocycles. The van der Waals surface area contributed by atoms with E-state index >= 15 is 0 Å². The van der Waals surface area contributed by atoms with Crippen LogP contribution in [0.5, 0.6) is 0 Å². The molecule has 24 heavy (non-hydrogen) atoms. The maximum Gasteiger partial charge on any atom is 0.501 e. The highest BCUT2D eigenvalue weighted by molar-refractivity contribution is 6.60. The van der Waals surface area contributed by atoms with Crippen LogP contribution < -0.4 is 0 Å². The van der Waals surface area contributed by atoms with Gasteiger partial charge in [-0.15, -0.1) is 0 Å². The topological polar surface area (TPSA) is 54.0 Å². The second-order valence-corrected chi connectivity index (χ2v) is 8.56. The molecule has 0 aliphatic heterocycles. The van der Waals surface area contributed by atoms with E-state index in [0.717, 1.165) is 25.7 Å². The predicted molar refractivity (Wildman–Crippen MR) is 98.9 cm³/mol. The summed E-state index contributed by atoms with van der Waals surface area (Å²) in [7, 11) is -2.70. The van der Waals surface area contributed by atoms with Gasteiger partial charge in [-0.25, -0.2) is 4.79 Å². The third kappa shape index (κ3) is 9.57. The Balaban J connectivity index is 4.86. The first-order valence-corrected chi connectivity index (χ1v) is 11.2. The summed E-state index contributed by atoms with van der Waals surface area (Å²) < 4.78 is 23.2. The normalized spacial score (nSPS) is 12.9. The fourth-order valence-electron chi connectivity index (χ4n) is 2.48. The number of rotatable bonds is 15. The van der Waals surface area contributed by atoms with Crippen molar-refractivity contribution in [2.45, 2.75) is 78.9 Å². The van der Waals surface area contributed by atoms with Gasteiger partial charge in [0.2, 0.25) is 0 Å². The number of carbonyl (C=O) groups is 1. The molecule has 0 radical (unpaired) electrons. The summed E-state index contributed by atoms with van der Waals surface area (Å²) in [6.07, 6.45) is 4.70. The van der Waals surface area contributed by atoms with Gasteiger partial charge < -0.3 is 18.0 Å². The van der Waals surface area contributed by atoms with Crippen LogP contribution in [-0.2, 0) is 22.8 Å². The zero-order valence-corrected chi connectivity index (χ0v) is 17.2. The Kier molecular flexibility index (Phi) is 13.2. The van der Waals surface area contributed by atoms with Gasteiger partial charge in [-0.1, -0.05) is 26.3 Å². The lowest BCUT2D eigenvalue weighted by Gasteiger charge is -2.30. The molecule has 1 atom stereocenters. The lowest BCUT2D eigenvalue weighted by molar-refractivity contribution is -0.144. The number of carbonyl (C=O) groups excluding carboxylic acids is 1. The Labute approximate surface area is 149 Å². The molecule has 0 aliphatic carbocycles. The van der Waals surface area contributed by atoms with Gasteiger partial charge in [0.25, 0.3) is 0 Å². The Bertz CT molecular complexity index is 342. The molecule has 0 spiro atoms. The Hall–Kier alpha value is -0.693. The smallest absolute Gasteiger partial charge is 0.459 e. The van der Waals surface area contributed by atoms with Crippen LogP contribution >= 0.6 is 0 Å². The molecule has 0 aromatic heterocycles. The number of ether oxygens (including phenoxy) is 1. The van der Waals surface area contributed by atoms with E-state index in [9.17, 15) is 4.79 Å². The molecule has 1 unspecified atom stereocenters. The van der Waals surface area contributed by atoms with E-state index in [1.165, 1.54) is 0 Å². The summed E-state index contributed by atoms with van der Waals surface area (Å²) in [5.41, 5.74) is 0.429. The predicted octanol–water partition coefficient (Wildman–Crippen LogP) is 4.49. The maximum absolute atomic E-state index is 11.9. The van der Waals surface area contributed by atoms with Gasteiger partial charge in [-0.05, 0) is 47.0 Å². The molecule has 0 saturated heterocycles. The Morgan fingerprint density at radius 1 is 0.958 bits per heavy atom. The van der Waals surface area contributed by atoms with E-state index in [4.69, 9.17) is 18.0 Å². The highest BCUT2D eigenvalue weighted by atomic mass is 28.4. The zero-order valence-electron chi connectivity index (χ0n) is 16.2. The van der Waals surface area contributed by atoms with E-state index in [2.05, 4.69) is 13.5 Å². The van der Waals surface area contributed by atoms with Crippen LogP contribution in [0.25, 0.3) is 0 Å². The zero-order chi connectivity index (χ0) is 18.4. The monoisotopic (exact) mass is 360 g/mol. The van der Waals surface area contributed by atoms with Crippen molar-refractivity contribution in [1.82, 2.24) is 0 Å². The van der Waals surface area contributed by atoms with Crippen molar-refractivity contribution in [2.75, 3.05) is 19.8 Å². The molecule has 0 fully saturated rings. The third-order valence-corrected chi connectivity index (χ3v) is 6.70. The van der Waals surface area contributed by atoms with Crippen molar-refractivity contribution in [1.29, 1.82) is 0 Å². The molecule has 0 aliphatic rings. The fraction of sp³-hybridized carbons (Fsp3) is 0.833. The van der Waals surface area contributed by atoms with Crippen LogP contribution in [0.1, 0.15) is 66.7 Å². The van der Waals surface area contributed by atoms with Gasteiger partial charge in [0.1, 0.15) is 6.10 Å². The van der Waals surface area contributed by atoms with Gasteiger partial charge in [0.15, 0.2) is 0 Å². The second-order valence-electron chi connectivity index (χ2n) is 5.82. The molecule has 0 amide bonds. The molecular formula is C18H36O5Si. The highest BCUT2D eigenvalue weighted by Crippen LogP contribution is 2.23. The van der Waals surface area contributed by atoms with E-state index in [1.807, 2.05) is 20.8 Å². The quantitative estimate of drug-likeness (QED) is 0.186. The Morgan fingerprint density at radius 2 is 1.50 bits per heavy atom. The third-order valence-electron chi connectivity index (χ3n) is 3.62. The molecule has 5 nitrogen and oxygen atoms in total. The number of hydrogen-bond donors (Lipinski definition) is 0. The van der Waals surface area contributed by atoms with Gasteiger partial charge in [0, 0.05) is 31.4 Å². The van der Waals surface area contributed by atoms with E-state index < -0.39 is 8.80 Å². The Morgan fingerprint density at radius 3 is 1.92 bits per heavy atom. The summed E-state index contributed by atoms with van der Waals surface area (Å²) in [6.45, 7) is 15.0. The van der Waals surface area contributed by atoms with Crippen LogP contribution in [0.3, 0.4) is 0 Å².